The lowest BCUT2D eigenvalue weighted by Gasteiger charge is -2.10. The van der Waals surface area contributed by atoms with Crippen LogP contribution in [0.4, 0.5) is 0 Å². The second-order valence-corrected chi connectivity index (χ2v) is 4.45. The van der Waals surface area contributed by atoms with Crippen LogP contribution in [0.5, 0.6) is 0 Å². The molecule has 1 amide bonds. The second kappa shape index (κ2) is 5.16. The summed E-state index contributed by atoms with van der Waals surface area (Å²) in [6.45, 7) is 3.98. The number of carbonyl (C=O) groups is 1. The summed E-state index contributed by atoms with van der Waals surface area (Å²) < 4.78 is 2.24. The number of benzene rings is 1. The van der Waals surface area contributed by atoms with Gasteiger partial charge >= 0.3 is 5.69 Å². The number of hydrogen-bond acceptors (Lipinski definition) is 3. The van der Waals surface area contributed by atoms with E-state index in [2.05, 4.69) is 0 Å². The van der Waals surface area contributed by atoms with Crippen LogP contribution in [0.25, 0.3) is 5.69 Å². The van der Waals surface area contributed by atoms with Gasteiger partial charge in [-0.15, -0.1) is 0 Å². The van der Waals surface area contributed by atoms with Crippen LogP contribution in [-0.2, 0) is 6.54 Å². The van der Waals surface area contributed by atoms with Gasteiger partial charge in [0.05, 0.1) is 5.69 Å². The average Bonchev–Trinajstić information content (AvgIpc) is 2.41. The fourth-order valence-corrected chi connectivity index (χ4v) is 1.92. The Morgan fingerprint density at radius 3 is 2.30 bits per heavy atom. The molecule has 104 valence electrons. The molecule has 1 aromatic heterocycles. The second-order valence-electron chi connectivity index (χ2n) is 4.45. The Kier molecular flexibility index (Phi) is 3.56. The van der Waals surface area contributed by atoms with Crippen molar-refractivity contribution in [2.45, 2.75) is 20.4 Å². The van der Waals surface area contributed by atoms with E-state index in [0.29, 0.717) is 12.2 Å². The van der Waals surface area contributed by atoms with Gasteiger partial charge in [-0.2, -0.15) is 0 Å². The van der Waals surface area contributed by atoms with Crippen molar-refractivity contribution in [2.75, 3.05) is 0 Å². The molecule has 20 heavy (non-hydrogen) atoms. The van der Waals surface area contributed by atoms with Crippen LogP contribution in [0.3, 0.4) is 0 Å². The summed E-state index contributed by atoms with van der Waals surface area (Å²) in [5.41, 5.74) is 5.21. The molecule has 2 aromatic rings. The van der Waals surface area contributed by atoms with Crippen molar-refractivity contribution in [1.29, 1.82) is 0 Å². The molecule has 0 radical (unpaired) electrons. The Morgan fingerprint density at radius 2 is 1.80 bits per heavy atom. The molecular weight excluding hydrogens is 258 g/mol. The highest BCUT2D eigenvalue weighted by Crippen LogP contribution is 2.05. The van der Waals surface area contributed by atoms with Crippen LogP contribution in [0.15, 0.2) is 40.1 Å². The van der Waals surface area contributed by atoms with Crippen molar-refractivity contribution in [3.05, 3.63) is 62.4 Å². The minimum atomic E-state index is -0.849. The zero-order chi connectivity index (χ0) is 14.9. The first-order chi connectivity index (χ1) is 9.45. The smallest absolute Gasteiger partial charge is 0.335 e. The molecule has 1 heterocycles. The Labute approximate surface area is 115 Å². The first-order valence-corrected chi connectivity index (χ1v) is 6.19. The van der Waals surface area contributed by atoms with Crippen LogP contribution in [0.2, 0.25) is 0 Å². The molecule has 1 aromatic carbocycles. The Balaban J connectivity index is 2.84. The molecule has 2 rings (SSSR count). The lowest BCUT2D eigenvalue weighted by Crippen LogP contribution is -2.42. The normalized spacial score (nSPS) is 10.5. The summed E-state index contributed by atoms with van der Waals surface area (Å²) >= 11 is 0. The fourth-order valence-electron chi connectivity index (χ4n) is 1.92. The van der Waals surface area contributed by atoms with E-state index in [-0.39, 0.29) is 5.56 Å². The Morgan fingerprint density at radius 1 is 1.20 bits per heavy atom. The Hall–Kier alpha value is -2.63. The topological polar surface area (TPSA) is 87.1 Å². The van der Waals surface area contributed by atoms with Crippen molar-refractivity contribution in [2.24, 2.45) is 5.73 Å². The van der Waals surface area contributed by atoms with Gasteiger partial charge in [0.15, 0.2) is 0 Å². The van der Waals surface area contributed by atoms with E-state index in [9.17, 15) is 14.4 Å². The number of rotatable bonds is 3. The third-order valence-corrected chi connectivity index (χ3v) is 3.05. The summed E-state index contributed by atoms with van der Waals surface area (Å²) in [5, 5.41) is 0. The fraction of sp³-hybridized carbons (Fsp3) is 0.214. The van der Waals surface area contributed by atoms with Gasteiger partial charge in [0.2, 0.25) is 0 Å². The largest absolute Gasteiger partial charge is 0.365 e. The van der Waals surface area contributed by atoms with Gasteiger partial charge in [-0.05, 0) is 26.0 Å². The molecule has 0 bridgehead atoms. The molecule has 0 aliphatic rings. The predicted octanol–water partition coefficient (Wildman–Crippen LogP) is 0.426. The van der Waals surface area contributed by atoms with E-state index in [1.807, 2.05) is 6.92 Å². The Bertz CT molecular complexity index is 770. The van der Waals surface area contributed by atoms with Crippen molar-refractivity contribution in [3.63, 3.8) is 0 Å². The molecule has 0 saturated heterocycles. The third-order valence-electron chi connectivity index (χ3n) is 3.05. The van der Waals surface area contributed by atoms with E-state index in [0.717, 1.165) is 10.1 Å². The maximum Gasteiger partial charge on any atom is 0.335 e. The molecule has 6 heteroatoms. The van der Waals surface area contributed by atoms with Crippen LogP contribution >= 0.6 is 0 Å². The van der Waals surface area contributed by atoms with Crippen LogP contribution < -0.4 is 17.0 Å². The van der Waals surface area contributed by atoms with Crippen molar-refractivity contribution < 1.29 is 4.79 Å². The van der Waals surface area contributed by atoms with Gasteiger partial charge in [-0.3, -0.25) is 14.2 Å². The maximum absolute atomic E-state index is 12.3. The number of aromatic nitrogens is 2. The summed E-state index contributed by atoms with van der Waals surface area (Å²) in [7, 11) is 0. The average molecular weight is 273 g/mol. The van der Waals surface area contributed by atoms with Gasteiger partial charge in [0.25, 0.3) is 11.5 Å². The zero-order valence-electron chi connectivity index (χ0n) is 11.3. The van der Waals surface area contributed by atoms with Gasteiger partial charge < -0.3 is 5.73 Å². The van der Waals surface area contributed by atoms with E-state index < -0.39 is 17.2 Å². The lowest BCUT2D eigenvalue weighted by atomic mass is 10.2. The number of hydrogen-bond donors (Lipinski definition) is 1. The number of nitrogens with two attached hydrogens (primary N) is 1. The molecule has 0 aliphatic heterocycles. The monoisotopic (exact) mass is 273 g/mol. The van der Waals surface area contributed by atoms with Gasteiger partial charge in [-0.1, -0.05) is 17.7 Å². The predicted molar refractivity (Wildman–Crippen MR) is 75.2 cm³/mol. The first kappa shape index (κ1) is 13.8. The highest BCUT2D eigenvalue weighted by Gasteiger charge is 2.15. The van der Waals surface area contributed by atoms with Gasteiger partial charge in [0.1, 0.15) is 5.56 Å². The van der Waals surface area contributed by atoms with E-state index in [1.54, 1.807) is 31.2 Å². The molecule has 0 unspecified atom stereocenters. The van der Waals surface area contributed by atoms with Crippen molar-refractivity contribution in [3.8, 4) is 5.69 Å². The molecule has 2 N–H and O–H groups in total. The number of carbonyl (C=O) groups excluding carboxylic acids is 1. The summed E-state index contributed by atoms with van der Waals surface area (Å²) in [6, 6.07) is 6.88. The standard InChI is InChI=1S/C14H15N3O3/c1-3-16-8-11(12(15)18)13(19)17(14(16)20)10-6-4-9(2)5-7-10/h4-8H,3H2,1-2H3,(H2,15,18). The number of aryl methyl sites for hydroxylation is 2. The molecule has 0 fully saturated rings. The van der Waals surface area contributed by atoms with Gasteiger partial charge in [0, 0.05) is 12.7 Å². The minimum Gasteiger partial charge on any atom is -0.365 e. The molecule has 0 atom stereocenters. The molecule has 6 nitrogen and oxygen atoms in total. The van der Waals surface area contributed by atoms with Gasteiger partial charge in [-0.25, -0.2) is 9.36 Å². The first-order valence-electron chi connectivity index (χ1n) is 6.19. The lowest BCUT2D eigenvalue weighted by molar-refractivity contribution is 0.0997. The van der Waals surface area contributed by atoms with Crippen molar-refractivity contribution in [1.82, 2.24) is 9.13 Å². The SMILES string of the molecule is CCn1cc(C(N)=O)c(=O)n(-c2ccc(C)cc2)c1=O. The molecule has 0 spiro atoms. The maximum atomic E-state index is 12.3. The zero-order valence-corrected chi connectivity index (χ0v) is 11.3. The van der Waals surface area contributed by atoms with Crippen LogP contribution in [-0.4, -0.2) is 15.0 Å². The van der Waals surface area contributed by atoms with E-state index in [1.165, 1.54) is 10.8 Å². The van der Waals surface area contributed by atoms with Crippen LogP contribution in [0.1, 0.15) is 22.8 Å². The molecule has 0 aliphatic carbocycles. The molecular formula is C14H15N3O3. The van der Waals surface area contributed by atoms with Crippen molar-refractivity contribution >= 4 is 5.91 Å². The minimum absolute atomic E-state index is 0.202. The number of nitrogens with zero attached hydrogens (tertiary/aromatic N) is 2. The summed E-state index contributed by atoms with van der Waals surface area (Å²) in [4.78, 5) is 35.8. The highest BCUT2D eigenvalue weighted by molar-refractivity contribution is 5.92. The quantitative estimate of drug-likeness (QED) is 0.879. The van der Waals surface area contributed by atoms with E-state index in [4.69, 9.17) is 5.73 Å². The number of primary amides is 1. The summed E-state index contributed by atoms with van der Waals surface area (Å²) in [6.07, 6.45) is 1.21. The summed E-state index contributed by atoms with van der Waals surface area (Å²) in [5.74, 6) is -0.849. The number of amides is 1. The molecule has 0 saturated carbocycles. The van der Waals surface area contributed by atoms with E-state index >= 15 is 0 Å². The third kappa shape index (κ3) is 2.27. The van der Waals surface area contributed by atoms with Crippen LogP contribution in [0, 0.1) is 6.92 Å². The highest BCUT2D eigenvalue weighted by atomic mass is 16.2.